The molecule has 4 nitrogen and oxygen atoms in total. The highest BCUT2D eigenvalue weighted by molar-refractivity contribution is 4.70. The molecule has 0 aliphatic heterocycles. The summed E-state index contributed by atoms with van der Waals surface area (Å²) in [7, 11) is 0. The third-order valence-corrected chi connectivity index (χ3v) is 1.08. The molecule has 0 aromatic carbocycles. The maximum Gasteiger partial charge on any atom is 0.107 e. The van der Waals surface area contributed by atoms with Crippen molar-refractivity contribution in [1.82, 2.24) is 0 Å². The molecule has 0 fully saturated rings. The van der Waals surface area contributed by atoms with Crippen LogP contribution in [-0.4, -0.2) is 30.1 Å². The third-order valence-electron chi connectivity index (χ3n) is 1.08. The maximum absolute atomic E-state index is 8.47. The van der Waals surface area contributed by atoms with Crippen LogP contribution in [0.5, 0.6) is 0 Å². The molecule has 0 saturated carbocycles. The third kappa shape index (κ3) is 7.74. The van der Waals surface area contributed by atoms with E-state index in [1.165, 1.54) is 0 Å². The van der Waals surface area contributed by atoms with E-state index in [2.05, 4.69) is 0 Å². The van der Waals surface area contributed by atoms with Crippen LogP contribution >= 0.6 is 0 Å². The molecule has 4 heteroatoms. The number of aliphatic hydroxyl groups is 1. The van der Waals surface area contributed by atoms with E-state index in [-0.39, 0.29) is 12.1 Å². The van der Waals surface area contributed by atoms with E-state index < -0.39 is 6.23 Å². The summed E-state index contributed by atoms with van der Waals surface area (Å²) in [6, 6.07) is 0. The van der Waals surface area contributed by atoms with Gasteiger partial charge in [-0.05, 0) is 13.8 Å². The van der Waals surface area contributed by atoms with E-state index in [0.717, 1.165) is 0 Å². The summed E-state index contributed by atoms with van der Waals surface area (Å²) in [4.78, 5) is 0. The molecule has 0 bridgehead atoms. The first kappa shape index (κ1) is 10.8. The second-order valence-electron chi connectivity index (χ2n) is 3.35. The first-order valence-corrected chi connectivity index (χ1v) is 3.72. The number of hydrogen-bond acceptors (Lipinski definition) is 4. The zero-order chi connectivity index (χ0) is 8.91. The van der Waals surface area contributed by atoms with Gasteiger partial charge in [0.25, 0.3) is 0 Å². The smallest absolute Gasteiger partial charge is 0.107 e. The SMILES string of the molecule is CC(C)(N)COC(N)CCO. The van der Waals surface area contributed by atoms with E-state index in [9.17, 15) is 0 Å². The Balaban J connectivity index is 3.38. The number of rotatable bonds is 5. The van der Waals surface area contributed by atoms with Crippen LogP contribution in [0.2, 0.25) is 0 Å². The van der Waals surface area contributed by atoms with Crippen molar-refractivity contribution in [3.05, 3.63) is 0 Å². The first-order valence-electron chi connectivity index (χ1n) is 3.72. The van der Waals surface area contributed by atoms with Gasteiger partial charge in [-0.15, -0.1) is 0 Å². The van der Waals surface area contributed by atoms with Gasteiger partial charge in [-0.2, -0.15) is 0 Å². The Kier molecular flexibility index (Phi) is 4.60. The molecule has 1 atom stereocenters. The van der Waals surface area contributed by atoms with E-state index >= 15 is 0 Å². The minimum Gasteiger partial charge on any atom is -0.396 e. The largest absolute Gasteiger partial charge is 0.396 e. The van der Waals surface area contributed by atoms with E-state index in [1.54, 1.807) is 0 Å². The van der Waals surface area contributed by atoms with Gasteiger partial charge in [0.05, 0.1) is 6.61 Å². The molecule has 0 amide bonds. The predicted octanol–water partition coefficient (Wildman–Crippen LogP) is -0.592. The van der Waals surface area contributed by atoms with Gasteiger partial charge in [-0.25, -0.2) is 0 Å². The second kappa shape index (κ2) is 4.66. The topological polar surface area (TPSA) is 81.5 Å². The molecule has 0 saturated heterocycles. The standard InChI is InChI=1S/C7H18N2O2/c1-7(2,9)5-11-6(8)3-4-10/h6,10H,3-5,8-9H2,1-2H3. The lowest BCUT2D eigenvalue weighted by atomic mass is 10.1. The van der Waals surface area contributed by atoms with Crippen LogP contribution in [0.25, 0.3) is 0 Å². The van der Waals surface area contributed by atoms with Crippen LogP contribution in [0.15, 0.2) is 0 Å². The van der Waals surface area contributed by atoms with Crippen LogP contribution in [0.3, 0.4) is 0 Å². The van der Waals surface area contributed by atoms with E-state index in [1.807, 2.05) is 13.8 Å². The van der Waals surface area contributed by atoms with Gasteiger partial charge in [0, 0.05) is 18.6 Å². The van der Waals surface area contributed by atoms with Gasteiger partial charge in [0.15, 0.2) is 0 Å². The molecule has 0 aliphatic rings. The highest BCUT2D eigenvalue weighted by atomic mass is 16.5. The number of hydrogen-bond donors (Lipinski definition) is 3. The molecular weight excluding hydrogens is 144 g/mol. The zero-order valence-electron chi connectivity index (χ0n) is 7.21. The molecule has 0 rings (SSSR count). The summed E-state index contributed by atoms with van der Waals surface area (Å²) >= 11 is 0. The molecule has 0 aliphatic carbocycles. The zero-order valence-corrected chi connectivity index (χ0v) is 7.21. The average molecular weight is 162 g/mol. The van der Waals surface area contributed by atoms with Crippen molar-refractivity contribution in [3.8, 4) is 0 Å². The summed E-state index contributed by atoms with van der Waals surface area (Å²) in [5.41, 5.74) is 10.7. The lowest BCUT2D eigenvalue weighted by Crippen LogP contribution is -2.40. The Hall–Kier alpha value is -0.160. The van der Waals surface area contributed by atoms with Crippen LogP contribution in [0.4, 0.5) is 0 Å². The summed E-state index contributed by atoms with van der Waals surface area (Å²) in [6.07, 6.45) is 0.0543. The van der Waals surface area contributed by atoms with Crippen molar-refractivity contribution in [3.63, 3.8) is 0 Å². The van der Waals surface area contributed by atoms with Crippen LogP contribution in [-0.2, 0) is 4.74 Å². The minimum absolute atomic E-state index is 0.0478. The van der Waals surface area contributed by atoms with Crippen molar-refractivity contribution in [2.24, 2.45) is 11.5 Å². The fraction of sp³-hybridized carbons (Fsp3) is 1.00. The van der Waals surface area contributed by atoms with Crippen molar-refractivity contribution in [1.29, 1.82) is 0 Å². The van der Waals surface area contributed by atoms with Crippen LogP contribution in [0, 0.1) is 0 Å². The van der Waals surface area contributed by atoms with E-state index in [4.69, 9.17) is 21.3 Å². The number of aliphatic hydroxyl groups excluding tert-OH is 1. The monoisotopic (exact) mass is 162 g/mol. The van der Waals surface area contributed by atoms with Crippen LogP contribution in [0.1, 0.15) is 20.3 Å². The van der Waals surface area contributed by atoms with Gasteiger partial charge >= 0.3 is 0 Å². The van der Waals surface area contributed by atoms with Gasteiger partial charge in [-0.1, -0.05) is 0 Å². The van der Waals surface area contributed by atoms with Crippen molar-refractivity contribution >= 4 is 0 Å². The van der Waals surface area contributed by atoms with Gasteiger partial charge in [0.1, 0.15) is 6.23 Å². The number of ether oxygens (including phenoxy) is 1. The quantitative estimate of drug-likeness (QED) is 0.472. The molecule has 0 aromatic rings. The Morgan fingerprint density at radius 2 is 2.09 bits per heavy atom. The molecular formula is C7H18N2O2. The second-order valence-corrected chi connectivity index (χ2v) is 3.35. The van der Waals surface area contributed by atoms with Crippen molar-refractivity contribution in [2.75, 3.05) is 13.2 Å². The van der Waals surface area contributed by atoms with Crippen molar-refractivity contribution < 1.29 is 9.84 Å². The molecule has 0 aromatic heterocycles. The molecule has 0 radical (unpaired) electrons. The normalized spacial score (nSPS) is 15.0. The average Bonchev–Trinajstić information content (AvgIpc) is 1.83. The molecule has 1 unspecified atom stereocenters. The Morgan fingerprint density at radius 1 is 1.55 bits per heavy atom. The Morgan fingerprint density at radius 3 is 2.45 bits per heavy atom. The lowest BCUT2D eigenvalue weighted by Gasteiger charge is -2.21. The van der Waals surface area contributed by atoms with Gasteiger partial charge < -0.3 is 21.3 Å². The van der Waals surface area contributed by atoms with Gasteiger partial charge in [-0.3, -0.25) is 0 Å². The Bertz CT molecular complexity index is 101. The summed E-state index contributed by atoms with van der Waals surface area (Å²) in [6.45, 7) is 4.18. The fourth-order valence-electron chi connectivity index (χ4n) is 0.532. The van der Waals surface area contributed by atoms with Crippen LogP contribution < -0.4 is 11.5 Å². The highest BCUT2D eigenvalue weighted by Gasteiger charge is 2.12. The summed E-state index contributed by atoms with van der Waals surface area (Å²) in [5.74, 6) is 0. The number of nitrogens with two attached hydrogens (primary N) is 2. The van der Waals surface area contributed by atoms with E-state index in [0.29, 0.717) is 13.0 Å². The predicted molar refractivity (Wildman–Crippen MR) is 43.9 cm³/mol. The first-order chi connectivity index (χ1) is 4.95. The molecule has 68 valence electrons. The highest BCUT2D eigenvalue weighted by Crippen LogP contribution is 1.99. The summed E-state index contributed by atoms with van der Waals surface area (Å²) < 4.78 is 5.14. The van der Waals surface area contributed by atoms with Crippen molar-refractivity contribution in [2.45, 2.75) is 32.0 Å². The molecule has 11 heavy (non-hydrogen) atoms. The maximum atomic E-state index is 8.47. The lowest BCUT2D eigenvalue weighted by molar-refractivity contribution is 0.0174. The molecule has 0 spiro atoms. The summed E-state index contributed by atoms with van der Waals surface area (Å²) in [5, 5.41) is 8.47. The fourth-order valence-corrected chi connectivity index (χ4v) is 0.532. The minimum atomic E-state index is -0.400. The van der Waals surface area contributed by atoms with Gasteiger partial charge in [0.2, 0.25) is 0 Å². The molecule has 0 heterocycles. The molecule has 5 N–H and O–H groups in total. The Labute approximate surface area is 67.5 Å².